The number of anilines is 1. The summed E-state index contributed by atoms with van der Waals surface area (Å²) in [4.78, 5) is 11.4. The molecule has 1 atom stereocenters. The van der Waals surface area contributed by atoms with Gasteiger partial charge in [-0.05, 0) is 32.0 Å². The summed E-state index contributed by atoms with van der Waals surface area (Å²) < 4.78 is 11.1. The third-order valence-corrected chi connectivity index (χ3v) is 2.83. The van der Waals surface area contributed by atoms with Gasteiger partial charge >= 0.3 is 5.97 Å². The van der Waals surface area contributed by atoms with Crippen molar-refractivity contribution < 1.29 is 14.3 Å². The number of rotatable bonds is 6. The van der Waals surface area contributed by atoms with E-state index in [4.69, 9.17) is 9.47 Å². The summed E-state index contributed by atoms with van der Waals surface area (Å²) in [6, 6.07) is 5.66. The Bertz CT molecular complexity index is 409. The predicted octanol–water partition coefficient (Wildman–Crippen LogP) is 3.21. The lowest BCUT2D eigenvalue weighted by Crippen LogP contribution is -2.21. The molecule has 0 spiro atoms. The minimum absolute atomic E-state index is 0.0211. The molecule has 5 heteroatoms. The second-order valence-corrected chi connectivity index (χ2v) is 4.81. The van der Waals surface area contributed by atoms with E-state index in [2.05, 4.69) is 21.2 Å². The van der Waals surface area contributed by atoms with Crippen LogP contribution in [0.1, 0.15) is 20.3 Å². The summed E-state index contributed by atoms with van der Waals surface area (Å²) in [5, 5.41) is 3.24. The molecule has 1 N–H and O–H groups in total. The highest BCUT2D eigenvalue weighted by Gasteiger charge is 2.12. The number of carbonyl (C=O) groups excluding carboxylic acids is 1. The average Bonchev–Trinajstić information content (AvgIpc) is 2.29. The molecule has 18 heavy (non-hydrogen) atoms. The molecule has 1 unspecified atom stereocenters. The standard InChI is InChI=1S/C13H18BrNO3/c1-4-18-13(16)7-9(2)15-11-8-10(14)5-6-12(11)17-3/h5-6,8-9,15H,4,7H2,1-3H3. The fourth-order valence-electron chi connectivity index (χ4n) is 1.58. The van der Waals surface area contributed by atoms with Crippen LogP contribution >= 0.6 is 15.9 Å². The van der Waals surface area contributed by atoms with Gasteiger partial charge in [0.15, 0.2) is 0 Å². The minimum atomic E-state index is -0.202. The molecule has 0 amide bonds. The lowest BCUT2D eigenvalue weighted by atomic mass is 10.2. The van der Waals surface area contributed by atoms with Gasteiger partial charge in [0.05, 0.1) is 25.8 Å². The van der Waals surface area contributed by atoms with Crippen molar-refractivity contribution in [3.63, 3.8) is 0 Å². The number of halogens is 1. The number of ether oxygens (including phenoxy) is 2. The highest BCUT2D eigenvalue weighted by Crippen LogP contribution is 2.28. The average molecular weight is 316 g/mol. The zero-order valence-electron chi connectivity index (χ0n) is 10.8. The molecule has 0 heterocycles. The van der Waals surface area contributed by atoms with Crippen molar-refractivity contribution in [1.29, 1.82) is 0 Å². The molecule has 0 aromatic heterocycles. The molecule has 1 aromatic carbocycles. The van der Waals surface area contributed by atoms with Gasteiger partial charge in [-0.1, -0.05) is 15.9 Å². The number of esters is 1. The fraction of sp³-hybridized carbons (Fsp3) is 0.462. The number of benzene rings is 1. The number of methoxy groups -OCH3 is 1. The van der Waals surface area contributed by atoms with Crippen LogP contribution in [0, 0.1) is 0 Å². The van der Waals surface area contributed by atoms with Crippen molar-refractivity contribution in [3.8, 4) is 5.75 Å². The van der Waals surface area contributed by atoms with Crippen LogP contribution in [0.3, 0.4) is 0 Å². The molecular weight excluding hydrogens is 298 g/mol. The van der Waals surface area contributed by atoms with Crippen molar-refractivity contribution in [2.45, 2.75) is 26.3 Å². The maximum absolute atomic E-state index is 11.4. The van der Waals surface area contributed by atoms with Gasteiger partial charge in [-0.25, -0.2) is 0 Å². The topological polar surface area (TPSA) is 47.6 Å². The third-order valence-electron chi connectivity index (χ3n) is 2.34. The summed E-state index contributed by atoms with van der Waals surface area (Å²) in [6.07, 6.45) is 0.323. The molecular formula is C13H18BrNO3. The molecule has 0 fully saturated rings. The van der Waals surface area contributed by atoms with E-state index in [-0.39, 0.29) is 12.0 Å². The maximum atomic E-state index is 11.4. The Labute approximate surface area is 116 Å². The Hall–Kier alpha value is -1.23. The molecule has 0 aliphatic rings. The Balaban J connectivity index is 2.66. The van der Waals surface area contributed by atoms with E-state index in [1.165, 1.54) is 0 Å². The Kier molecular flexibility index (Phi) is 5.98. The number of hydrogen-bond donors (Lipinski definition) is 1. The number of nitrogens with one attached hydrogen (secondary N) is 1. The van der Waals surface area contributed by atoms with E-state index in [9.17, 15) is 4.79 Å². The van der Waals surface area contributed by atoms with Crippen LogP contribution in [0.2, 0.25) is 0 Å². The van der Waals surface area contributed by atoms with Crippen molar-refractivity contribution >= 4 is 27.6 Å². The molecule has 0 saturated carbocycles. The molecule has 1 aromatic rings. The molecule has 4 nitrogen and oxygen atoms in total. The molecule has 1 rings (SSSR count). The largest absolute Gasteiger partial charge is 0.495 e. The van der Waals surface area contributed by atoms with Crippen molar-refractivity contribution in [2.24, 2.45) is 0 Å². The van der Waals surface area contributed by atoms with Gasteiger partial charge < -0.3 is 14.8 Å². The van der Waals surface area contributed by atoms with E-state index in [1.54, 1.807) is 14.0 Å². The van der Waals surface area contributed by atoms with Crippen molar-refractivity contribution in [3.05, 3.63) is 22.7 Å². The van der Waals surface area contributed by atoms with E-state index >= 15 is 0 Å². The Morgan fingerprint density at radius 3 is 2.83 bits per heavy atom. The van der Waals surface area contributed by atoms with Gasteiger partial charge in [0, 0.05) is 10.5 Å². The van der Waals surface area contributed by atoms with Gasteiger partial charge in [-0.3, -0.25) is 4.79 Å². The first-order valence-corrected chi connectivity index (χ1v) is 6.61. The van der Waals surface area contributed by atoms with Gasteiger partial charge in [0.1, 0.15) is 5.75 Å². The van der Waals surface area contributed by atoms with Crippen LogP contribution in [0.25, 0.3) is 0 Å². The van der Waals surface area contributed by atoms with Crippen molar-refractivity contribution in [1.82, 2.24) is 0 Å². The minimum Gasteiger partial charge on any atom is -0.495 e. The second-order valence-electron chi connectivity index (χ2n) is 3.90. The van der Waals surface area contributed by atoms with Crippen LogP contribution < -0.4 is 10.1 Å². The first-order chi connectivity index (χ1) is 8.56. The summed E-state index contributed by atoms with van der Waals surface area (Å²) in [6.45, 7) is 4.14. The summed E-state index contributed by atoms with van der Waals surface area (Å²) >= 11 is 3.40. The molecule has 0 saturated heterocycles. The van der Waals surface area contributed by atoms with Crippen LogP contribution in [0.5, 0.6) is 5.75 Å². The van der Waals surface area contributed by atoms with E-state index in [0.29, 0.717) is 13.0 Å². The van der Waals surface area contributed by atoms with Gasteiger partial charge in [0.25, 0.3) is 0 Å². The smallest absolute Gasteiger partial charge is 0.307 e. The molecule has 0 aliphatic carbocycles. The van der Waals surface area contributed by atoms with E-state index < -0.39 is 0 Å². The highest BCUT2D eigenvalue weighted by molar-refractivity contribution is 9.10. The first kappa shape index (κ1) is 14.8. The van der Waals surface area contributed by atoms with Gasteiger partial charge in [0.2, 0.25) is 0 Å². The molecule has 0 radical (unpaired) electrons. The normalized spacial score (nSPS) is 11.8. The number of hydrogen-bond acceptors (Lipinski definition) is 4. The fourth-order valence-corrected chi connectivity index (χ4v) is 1.94. The summed E-state index contributed by atoms with van der Waals surface area (Å²) in [7, 11) is 1.62. The molecule has 100 valence electrons. The quantitative estimate of drug-likeness (QED) is 0.819. The Morgan fingerprint density at radius 1 is 1.50 bits per heavy atom. The maximum Gasteiger partial charge on any atom is 0.307 e. The predicted molar refractivity (Wildman–Crippen MR) is 75.0 cm³/mol. The van der Waals surface area contributed by atoms with Gasteiger partial charge in [-0.15, -0.1) is 0 Å². The summed E-state index contributed by atoms with van der Waals surface area (Å²) in [5.41, 5.74) is 0.851. The zero-order valence-corrected chi connectivity index (χ0v) is 12.4. The second kappa shape index (κ2) is 7.26. The zero-order chi connectivity index (χ0) is 13.5. The van der Waals surface area contributed by atoms with Gasteiger partial charge in [-0.2, -0.15) is 0 Å². The van der Waals surface area contributed by atoms with Crippen molar-refractivity contribution in [2.75, 3.05) is 19.0 Å². The lowest BCUT2D eigenvalue weighted by Gasteiger charge is -2.17. The van der Waals surface area contributed by atoms with E-state index in [0.717, 1.165) is 15.9 Å². The highest BCUT2D eigenvalue weighted by atomic mass is 79.9. The third kappa shape index (κ3) is 4.56. The monoisotopic (exact) mass is 315 g/mol. The molecule has 0 aliphatic heterocycles. The van der Waals surface area contributed by atoms with Crippen LogP contribution in [0.15, 0.2) is 22.7 Å². The lowest BCUT2D eigenvalue weighted by molar-refractivity contribution is -0.143. The SMILES string of the molecule is CCOC(=O)CC(C)Nc1cc(Br)ccc1OC. The first-order valence-electron chi connectivity index (χ1n) is 5.82. The van der Waals surface area contributed by atoms with Crippen LogP contribution in [0.4, 0.5) is 5.69 Å². The van der Waals surface area contributed by atoms with Crippen LogP contribution in [-0.4, -0.2) is 25.7 Å². The van der Waals surface area contributed by atoms with Crippen LogP contribution in [-0.2, 0) is 9.53 Å². The Morgan fingerprint density at radius 2 is 2.22 bits per heavy atom. The summed E-state index contributed by atoms with van der Waals surface area (Å²) in [5.74, 6) is 0.542. The van der Waals surface area contributed by atoms with E-state index in [1.807, 2.05) is 25.1 Å². The molecule has 0 bridgehead atoms. The number of carbonyl (C=O) groups is 1.